The van der Waals surface area contributed by atoms with Gasteiger partial charge in [0.05, 0.1) is 12.1 Å². The molecule has 0 bridgehead atoms. The number of hydrogen-bond donors (Lipinski definition) is 1. The number of benzene rings is 1. The zero-order valence-electron chi connectivity index (χ0n) is 11.2. The van der Waals surface area contributed by atoms with Crippen molar-refractivity contribution in [1.82, 2.24) is 9.80 Å². The van der Waals surface area contributed by atoms with Crippen LogP contribution in [-0.2, 0) is 4.79 Å². The van der Waals surface area contributed by atoms with Gasteiger partial charge in [0.15, 0.2) is 0 Å². The Morgan fingerprint density at radius 3 is 2.39 bits per heavy atom. The Balaban J connectivity index is 2.87. The molecule has 0 spiro atoms. The molecule has 2 amide bonds. The molecule has 0 unspecified atom stereocenters. The first-order chi connectivity index (χ1) is 8.32. The van der Waals surface area contributed by atoms with E-state index in [1.54, 1.807) is 33.3 Å². The summed E-state index contributed by atoms with van der Waals surface area (Å²) in [7, 11) is 4.90. The number of carbonyl (C=O) groups is 2. The van der Waals surface area contributed by atoms with Crippen molar-refractivity contribution >= 4 is 17.5 Å². The van der Waals surface area contributed by atoms with E-state index in [1.165, 1.54) is 9.80 Å². The van der Waals surface area contributed by atoms with E-state index in [2.05, 4.69) is 0 Å². The lowest BCUT2D eigenvalue weighted by Gasteiger charge is -2.20. The molecular weight excluding hydrogens is 230 g/mol. The molecule has 2 N–H and O–H groups in total. The van der Waals surface area contributed by atoms with Crippen molar-refractivity contribution in [3.05, 3.63) is 29.3 Å². The molecule has 0 fully saturated rings. The summed E-state index contributed by atoms with van der Waals surface area (Å²) >= 11 is 0. The molecule has 0 saturated carbocycles. The Labute approximate surface area is 107 Å². The molecule has 5 heteroatoms. The molecule has 0 aromatic heterocycles. The molecule has 0 atom stereocenters. The Morgan fingerprint density at radius 2 is 1.83 bits per heavy atom. The summed E-state index contributed by atoms with van der Waals surface area (Å²) in [6.07, 6.45) is 0. The molecule has 1 aromatic carbocycles. The van der Waals surface area contributed by atoms with Crippen molar-refractivity contribution in [3.63, 3.8) is 0 Å². The summed E-state index contributed by atoms with van der Waals surface area (Å²) in [4.78, 5) is 26.5. The summed E-state index contributed by atoms with van der Waals surface area (Å²) in [5, 5.41) is 0. The van der Waals surface area contributed by atoms with Crippen LogP contribution in [0.5, 0.6) is 0 Å². The Kier molecular flexibility index (Phi) is 4.31. The third-order valence-corrected chi connectivity index (χ3v) is 2.66. The van der Waals surface area contributed by atoms with Crippen LogP contribution in [-0.4, -0.2) is 49.3 Å². The summed E-state index contributed by atoms with van der Waals surface area (Å²) in [5.74, 6) is -0.372. The van der Waals surface area contributed by atoms with Crippen LogP contribution in [0.25, 0.3) is 0 Å². The SMILES string of the molecule is Cc1ccc(N)c(C(=O)N(C)CC(=O)N(C)C)c1. The quantitative estimate of drug-likeness (QED) is 0.803. The first-order valence-electron chi connectivity index (χ1n) is 5.64. The largest absolute Gasteiger partial charge is 0.398 e. The van der Waals surface area contributed by atoms with Crippen LogP contribution >= 0.6 is 0 Å². The fourth-order valence-electron chi connectivity index (χ4n) is 1.48. The van der Waals surface area contributed by atoms with E-state index in [-0.39, 0.29) is 18.4 Å². The normalized spacial score (nSPS) is 10.0. The van der Waals surface area contributed by atoms with Crippen LogP contribution in [0.2, 0.25) is 0 Å². The molecule has 0 aliphatic rings. The van der Waals surface area contributed by atoms with Crippen molar-refractivity contribution in [2.24, 2.45) is 0 Å². The molecular formula is C13H19N3O2. The van der Waals surface area contributed by atoms with Gasteiger partial charge >= 0.3 is 0 Å². The van der Waals surface area contributed by atoms with Crippen molar-refractivity contribution in [3.8, 4) is 0 Å². The van der Waals surface area contributed by atoms with Gasteiger partial charge in [-0.2, -0.15) is 0 Å². The topological polar surface area (TPSA) is 66.6 Å². The smallest absolute Gasteiger partial charge is 0.256 e. The van der Waals surface area contributed by atoms with E-state index in [0.29, 0.717) is 11.3 Å². The predicted molar refractivity (Wildman–Crippen MR) is 71.2 cm³/mol. The van der Waals surface area contributed by atoms with Gasteiger partial charge in [0.1, 0.15) is 0 Å². The lowest BCUT2D eigenvalue weighted by atomic mass is 10.1. The van der Waals surface area contributed by atoms with Gasteiger partial charge in [-0.25, -0.2) is 0 Å². The molecule has 0 aliphatic heterocycles. The van der Waals surface area contributed by atoms with Gasteiger partial charge in [-0.05, 0) is 19.1 Å². The Bertz CT molecular complexity index is 469. The third kappa shape index (κ3) is 3.23. The maximum atomic E-state index is 12.2. The van der Waals surface area contributed by atoms with Gasteiger partial charge in [0.25, 0.3) is 5.91 Å². The van der Waals surface area contributed by atoms with Crippen LogP contribution in [0.1, 0.15) is 15.9 Å². The number of anilines is 1. The molecule has 1 aromatic rings. The molecule has 0 heterocycles. The van der Waals surface area contributed by atoms with Crippen molar-refractivity contribution in [2.45, 2.75) is 6.92 Å². The van der Waals surface area contributed by atoms with Gasteiger partial charge in [0, 0.05) is 26.8 Å². The Morgan fingerprint density at radius 1 is 1.22 bits per heavy atom. The summed E-state index contributed by atoms with van der Waals surface area (Å²) in [5.41, 5.74) is 7.59. The maximum absolute atomic E-state index is 12.2. The highest BCUT2D eigenvalue weighted by molar-refractivity contribution is 6.00. The van der Waals surface area contributed by atoms with E-state index >= 15 is 0 Å². The lowest BCUT2D eigenvalue weighted by molar-refractivity contribution is -0.129. The zero-order valence-corrected chi connectivity index (χ0v) is 11.2. The number of amides is 2. The number of nitrogens with zero attached hydrogens (tertiary/aromatic N) is 2. The van der Waals surface area contributed by atoms with Crippen LogP contribution in [0.15, 0.2) is 18.2 Å². The van der Waals surface area contributed by atoms with Crippen LogP contribution in [0, 0.1) is 6.92 Å². The average Bonchev–Trinajstić information content (AvgIpc) is 2.31. The second kappa shape index (κ2) is 5.53. The number of hydrogen-bond acceptors (Lipinski definition) is 3. The minimum Gasteiger partial charge on any atom is -0.398 e. The molecule has 18 heavy (non-hydrogen) atoms. The van der Waals surface area contributed by atoms with Gasteiger partial charge in [-0.1, -0.05) is 11.6 Å². The number of likely N-dealkylation sites (N-methyl/N-ethyl adjacent to an activating group) is 2. The summed E-state index contributed by atoms with van der Waals surface area (Å²) in [6.45, 7) is 1.93. The number of carbonyl (C=O) groups excluding carboxylic acids is 2. The minimum atomic E-state index is -0.244. The number of nitrogens with two attached hydrogens (primary N) is 1. The van der Waals surface area contributed by atoms with E-state index in [9.17, 15) is 9.59 Å². The molecule has 5 nitrogen and oxygen atoms in total. The predicted octanol–water partition coefficient (Wildman–Crippen LogP) is 0.737. The standard InChI is InChI=1S/C13H19N3O2/c1-9-5-6-11(14)10(7-9)13(18)16(4)8-12(17)15(2)3/h5-7H,8,14H2,1-4H3. The highest BCUT2D eigenvalue weighted by Gasteiger charge is 2.17. The highest BCUT2D eigenvalue weighted by atomic mass is 16.2. The van der Waals surface area contributed by atoms with Gasteiger partial charge in [0.2, 0.25) is 5.91 Å². The van der Waals surface area contributed by atoms with Gasteiger partial charge < -0.3 is 15.5 Å². The first kappa shape index (κ1) is 14.0. The summed E-state index contributed by atoms with van der Waals surface area (Å²) in [6, 6.07) is 5.27. The van der Waals surface area contributed by atoms with Gasteiger partial charge in [-0.3, -0.25) is 9.59 Å². The van der Waals surface area contributed by atoms with Crippen molar-refractivity contribution in [2.75, 3.05) is 33.4 Å². The van der Waals surface area contributed by atoms with Crippen molar-refractivity contribution in [1.29, 1.82) is 0 Å². The minimum absolute atomic E-state index is 0.0409. The fraction of sp³-hybridized carbons (Fsp3) is 0.385. The van der Waals surface area contributed by atoms with E-state index < -0.39 is 0 Å². The summed E-state index contributed by atoms with van der Waals surface area (Å²) < 4.78 is 0. The first-order valence-corrected chi connectivity index (χ1v) is 5.64. The van der Waals surface area contributed by atoms with Crippen LogP contribution < -0.4 is 5.73 Å². The lowest BCUT2D eigenvalue weighted by Crippen LogP contribution is -2.38. The van der Waals surface area contributed by atoms with Gasteiger partial charge in [-0.15, -0.1) is 0 Å². The highest BCUT2D eigenvalue weighted by Crippen LogP contribution is 2.15. The molecule has 0 radical (unpaired) electrons. The second-order valence-corrected chi connectivity index (χ2v) is 4.54. The molecule has 98 valence electrons. The average molecular weight is 249 g/mol. The van der Waals surface area contributed by atoms with E-state index in [1.807, 2.05) is 13.0 Å². The maximum Gasteiger partial charge on any atom is 0.256 e. The van der Waals surface area contributed by atoms with Crippen molar-refractivity contribution < 1.29 is 9.59 Å². The van der Waals surface area contributed by atoms with E-state index in [0.717, 1.165) is 5.56 Å². The van der Waals surface area contributed by atoms with E-state index in [4.69, 9.17) is 5.73 Å². The molecule has 0 saturated heterocycles. The number of rotatable bonds is 3. The fourth-order valence-corrected chi connectivity index (χ4v) is 1.48. The monoisotopic (exact) mass is 249 g/mol. The number of aryl methyl sites for hydroxylation is 1. The Hall–Kier alpha value is -2.04. The number of nitrogen functional groups attached to an aromatic ring is 1. The van der Waals surface area contributed by atoms with Crippen LogP contribution in [0.4, 0.5) is 5.69 Å². The third-order valence-electron chi connectivity index (χ3n) is 2.66. The zero-order chi connectivity index (χ0) is 13.9. The second-order valence-electron chi connectivity index (χ2n) is 4.54. The molecule has 1 rings (SSSR count). The molecule has 0 aliphatic carbocycles. The van der Waals surface area contributed by atoms with Crippen LogP contribution in [0.3, 0.4) is 0 Å².